The average molecular weight is 259 g/mol. The zero-order valence-corrected chi connectivity index (χ0v) is 11.0. The zero-order chi connectivity index (χ0) is 13.7. The molecule has 5 nitrogen and oxygen atoms in total. The van der Waals surface area contributed by atoms with Crippen molar-refractivity contribution >= 4 is 16.9 Å². The van der Waals surface area contributed by atoms with Crippen LogP contribution < -0.4 is 11.1 Å². The van der Waals surface area contributed by atoms with Crippen LogP contribution in [0, 0.1) is 6.92 Å². The molecule has 2 aromatic rings. The molecule has 0 radical (unpaired) electrons. The number of fused-ring (bicyclic) bond motifs is 2. The quantitative estimate of drug-likeness (QED) is 0.756. The van der Waals surface area contributed by atoms with Gasteiger partial charge in [0.05, 0.1) is 0 Å². The summed E-state index contributed by atoms with van der Waals surface area (Å²) in [5.74, 6) is -0.991. The molecule has 0 saturated carbocycles. The summed E-state index contributed by atoms with van der Waals surface area (Å²) < 4.78 is 2.02. The average Bonchev–Trinajstić information content (AvgIpc) is 2.91. The SMILES string of the molecule is Cc1c(C(N)C(=O)O)c2cc3c(cc2n1C)CNC3. The summed E-state index contributed by atoms with van der Waals surface area (Å²) in [6.07, 6.45) is 0. The van der Waals surface area contributed by atoms with Gasteiger partial charge in [-0.15, -0.1) is 0 Å². The second-order valence-corrected chi connectivity index (χ2v) is 5.12. The number of aromatic nitrogens is 1. The van der Waals surface area contributed by atoms with E-state index in [-0.39, 0.29) is 0 Å². The van der Waals surface area contributed by atoms with Crippen LogP contribution in [-0.4, -0.2) is 15.6 Å². The van der Waals surface area contributed by atoms with E-state index in [1.807, 2.05) is 18.5 Å². The van der Waals surface area contributed by atoms with Crippen LogP contribution in [0.25, 0.3) is 10.9 Å². The minimum atomic E-state index is -0.991. The molecular formula is C14H17N3O2. The van der Waals surface area contributed by atoms with Crippen LogP contribution in [0.5, 0.6) is 0 Å². The molecule has 0 amide bonds. The highest BCUT2D eigenvalue weighted by Gasteiger charge is 2.24. The lowest BCUT2D eigenvalue weighted by Gasteiger charge is -2.07. The monoisotopic (exact) mass is 259 g/mol. The van der Waals surface area contributed by atoms with Crippen LogP contribution >= 0.6 is 0 Å². The van der Waals surface area contributed by atoms with Gasteiger partial charge < -0.3 is 20.7 Å². The number of hydrogen-bond acceptors (Lipinski definition) is 3. The molecule has 1 aliphatic heterocycles. The topological polar surface area (TPSA) is 80.3 Å². The Morgan fingerprint density at radius 1 is 1.42 bits per heavy atom. The third-order valence-corrected chi connectivity index (χ3v) is 4.07. The molecular weight excluding hydrogens is 242 g/mol. The molecule has 1 aromatic carbocycles. The predicted octanol–water partition coefficient (Wildman–Crippen LogP) is 1.17. The molecule has 0 saturated heterocycles. The fraction of sp³-hybridized carbons (Fsp3) is 0.357. The molecule has 0 aliphatic carbocycles. The fourth-order valence-corrected chi connectivity index (χ4v) is 2.90. The Morgan fingerprint density at radius 3 is 2.68 bits per heavy atom. The molecule has 5 heteroatoms. The largest absolute Gasteiger partial charge is 0.480 e. The number of carboxylic acids is 1. The van der Waals surface area contributed by atoms with Gasteiger partial charge in [0.15, 0.2) is 0 Å². The highest BCUT2D eigenvalue weighted by atomic mass is 16.4. The lowest BCUT2D eigenvalue weighted by Crippen LogP contribution is -2.21. The van der Waals surface area contributed by atoms with Crippen molar-refractivity contribution in [2.75, 3.05) is 0 Å². The maximum absolute atomic E-state index is 11.2. The van der Waals surface area contributed by atoms with E-state index in [9.17, 15) is 9.90 Å². The van der Waals surface area contributed by atoms with Gasteiger partial charge in [0.25, 0.3) is 0 Å². The van der Waals surface area contributed by atoms with Crippen molar-refractivity contribution in [3.63, 3.8) is 0 Å². The maximum atomic E-state index is 11.2. The molecule has 1 atom stereocenters. The molecule has 4 N–H and O–H groups in total. The van der Waals surface area contributed by atoms with Crippen molar-refractivity contribution in [1.29, 1.82) is 0 Å². The van der Waals surface area contributed by atoms with Crippen LogP contribution in [-0.2, 0) is 24.9 Å². The van der Waals surface area contributed by atoms with Crippen LogP contribution in [0.1, 0.15) is 28.4 Å². The van der Waals surface area contributed by atoms with E-state index < -0.39 is 12.0 Å². The minimum Gasteiger partial charge on any atom is -0.480 e. The highest BCUT2D eigenvalue weighted by molar-refractivity contribution is 5.92. The summed E-state index contributed by atoms with van der Waals surface area (Å²) in [6, 6.07) is 3.24. The summed E-state index contributed by atoms with van der Waals surface area (Å²) >= 11 is 0. The van der Waals surface area contributed by atoms with Crippen LogP contribution in [0.3, 0.4) is 0 Å². The van der Waals surface area contributed by atoms with E-state index in [4.69, 9.17) is 5.73 Å². The lowest BCUT2D eigenvalue weighted by molar-refractivity contribution is -0.138. The summed E-state index contributed by atoms with van der Waals surface area (Å²) in [4.78, 5) is 11.2. The second-order valence-electron chi connectivity index (χ2n) is 5.12. The Morgan fingerprint density at radius 2 is 2.05 bits per heavy atom. The smallest absolute Gasteiger partial charge is 0.325 e. The molecule has 19 heavy (non-hydrogen) atoms. The second kappa shape index (κ2) is 4.08. The standard InChI is InChI=1S/C14H17N3O2/c1-7-12(13(15)14(18)19)10-3-8-5-16-6-9(8)4-11(10)17(7)2/h3-4,13,16H,5-6,15H2,1-2H3,(H,18,19). The first kappa shape index (κ1) is 12.2. The summed E-state index contributed by atoms with van der Waals surface area (Å²) in [5, 5.41) is 13.4. The number of aliphatic carboxylic acids is 1. The van der Waals surface area contributed by atoms with E-state index in [0.29, 0.717) is 0 Å². The Balaban J connectivity index is 2.32. The van der Waals surface area contributed by atoms with Gasteiger partial charge in [-0.05, 0) is 30.2 Å². The summed E-state index contributed by atoms with van der Waals surface area (Å²) in [7, 11) is 1.95. The molecule has 1 aliphatic rings. The molecule has 0 fully saturated rings. The number of aryl methyl sites for hydroxylation is 1. The third kappa shape index (κ3) is 1.66. The van der Waals surface area contributed by atoms with Gasteiger partial charge >= 0.3 is 5.97 Å². The number of nitrogens with one attached hydrogen (secondary N) is 1. The molecule has 0 bridgehead atoms. The van der Waals surface area contributed by atoms with E-state index in [0.717, 1.165) is 35.2 Å². The zero-order valence-electron chi connectivity index (χ0n) is 11.0. The Kier molecular flexibility index (Phi) is 2.62. The number of benzene rings is 1. The Labute approximate surface area is 111 Å². The first-order valence-corrected chi connectivity index (χ1v) is 6.30. The van der Waals surface area contributed by atoms with Crippen LogP contribution in [0.2, 0.25) is 0 Å². The Bertz CT molecular complexity index is 688. The van der Waals surface area contributed by atoms with Gasteiger partial charge in [0, 0.05) is 42.3 Å². The number of rotatable bonds is 2. The number of nitrogens with two attached hydrogens (primary N) is 1. The van der Waals surface area contributed by atoms with E-state index >= 15 is 0 Å². The van der Waals surface area contributed by atoms with Gasteiger partial charge in [0.1, 0.15) is 6.04 Å². The molecule has 3 rings (SSSR count). The summed E-state index contributed by atoms with van der Waals surface area (Å²) in [5.41, 5.74) is 11.0. The van der Waals surface area contributed by atoms with Gasteiger partial charge in [-0.2, -0.15) is 0 Å². The van der Waals surface area contributed by atoms with Crippen molar-refractivity contribution in [2.45, 2.75) is 26.1 Å². The molecule has 100 valence electrons. The van der Waals surface area contributed by atoms with Crippen molar-refractivity contribution < 1.29 is 9.90 Å². The van der Waals surface area contributed by atoms with Crippen molar-refractivity contribution in [3.8, 4) is 0 Å². The highest BCUT2D eigenvalue weighted by Crippen LogP contribution is 2.32. The van der Waals surface area contributed by atoms with Gasteiger partial charge in [0.2, 0.25) is 0 Å². The molecule has 2 heterocycles. The summed E-state index contributed by atoms with van der Waals surface area (Å²) in [6.45, 7) is 3.62. The molecule has 1 unspecified atom stereocenters. The lowest BCUT2D eigenvalue weighted by atomic mass is 10.0. The van der Waals surface area contributed by atoms with Crippen LogP contribution in [0.15, 0.2) is 12.1 Å². The molecule has 0 spiro atoms. The predicted molar refractivity (Wildman–Crippen MR) is 72.8 cm³/mol. The third-order valence-electron chi connectivity index (χ3n) is 4.07. The minimum absolute atomic E-state index is 0.722. The van der Waals surface area contributed by atoms with E-state index in [1.165, 1.54) is 11.1 Å². The first-order chi connectivity index (χ1) is 9.00. The molecule has 1 aromatic heterocycles. The maximum Gasteiger partial charge on any atom is 0.325 e. The number of nitrogens with zero attached hydrogens (tertiary/aromatic N) is 1. The fourth-order valence-electron chi connectivity index (χ4n) is 2.90. The van der Waals surface area contributed by atoms with Gasteiger partial charge in [-0.1, -0.05) is 0 Å². The normalized spacial score (nSPS) is 15.7. The van der Waals surface area contributed by atoms with Crippen molar-refractivity contribution in [3.05, 3.63) is 34.5 Å². The number of carbonyl (C=O) groups is 1. The van der Waals surface area contributed by atoms with Crippen LogP contribution in [0.4, 0.5) is 0 Å². The van der Waals surface area contributed by atoms with E-state index in [1.54, 1.807) is 0 Å². The first-order valence-electron chi connectivity index (χ1n) is 6.30. The number of carboxylic acid groups (broad SMARTS) is 1. The van der Waals surface area contributed by atoms with E-state index in [2.05, 4.69) is 17.4 Å². The van der Waals surface area contributed by atoms with Gasteiger partial charge in [-0.3, -0.25) is 4.79 Å². The number of hydrogen-bond donors (Lipinski definition) is 3. The van der Waals surface area contributed by atoms with Crippen molar-refractivity contribution in [1.82, 2.24) is 9.88 Å². The van der Waals surface area contributed by atoms with Crippen molar-refractivity contribution in [2.24, 2.45) is 12.8 Å². The Hall–Kier alpha value is -1.85. The van der Waals surface area contributed by atoms with Gasteiger partial charge in [-0.25, -0.2) is 0 Å².